The number of aryl methyl sites for hydroxylation is 1. The number of hydrazine groups is 1. The summed E-state index contributed by atoms with van der Waals surface area (Å²) in [6.07, 6.45) is 5.51. The molecule has 15 nitrogen and oxygen atoms in total. The van der Waals surface area contributed by atoms with Gasteiger partial charge in [-0.3, -0.25) is 29.2 Å². The Morgan fingerprint density at radius 1 is 1.04 bits per heavy atom. The quantitative estimate of drug-likeness (QED) is 0.0849. The van der Waals surface area contributed by atoms with Gasteiger partial charge in [-0.1, -0.05) is 70.2 Å². The summed E-state index contributed by atoms with van der Waals surface area (Å²) < 4.78 is 19.3. The molecule has 2 aromatic heterocycles. The first-order valence-corrected chi connectivity index (χ1v) is 23.9. The van der Waals surface area contributed by atoms with E-state index in [9.17, 15) is 19.2 Å². The number of likely N-dealkylation sites (N-methyl/N-ethyl adjacent to an activating group) is 1. The van der Waals surface area contributed by atoms with Gasteiger partial charge in [-0.25, -0.2) is 15.4 Å². The molecule has 3 atom stereocenters. The predicted molar refractivity (Wildman–Crippen MR) is 266 cm³/mol. The van der Waals surface area contributed by atoms with Gasteiger partial charge in [0.15, 0.2) is 0 Å². The molecular weight excluding hydrogens is 873 g/mol. The lowest BCUT2D eigenvalue weighted by Gasteiger charge is -2.36. The number of aliphatic imine (C=N–C) groups is 2. The van der Waals surface area contributed by atoms with Crippen molar-refractivity contribution >= 4 is 40.6 Å². The molecule has 3 amide bonds. The number of cyclic esters (lactones) is 1. The fourth-order valence-corrected chi connectivity index (χ4v) is 9.47. The maximum absolute atomic E-state index is 14.7. The number of nitrogens with zero attached hydrogens (tertiary/aromatic N) is 6. The van der Waals surface area contributed by atoms with Crippen molar-refractivity contribution in [2.75, 3.05) is 41.0 Å². The van der Waals surface area contributed by atoms with Gasteiger partial charge in [0.1, 0.15) is 23.9 Å². The topological polar surface area (TPSA) is 169 Å². The van der Waals surface area contributed by atoms with Gasteiger partial charge < -0.3 is 29.0 Å². The lowest BCUT2D eigenvalue weighted by molar-refractivity contribution is -0.155. The van der Waals surface area contributed by atoms with Crippen LogP contribution in [-0.2, 0) is 61.2 Å². The molecule has 6 bridgehead atoms. The van der Waals surface area contributed by atoms with Gasteiger partial charge in [0.05, 0.1) is 45.1 Å². The highest BCUT2D eigenvalue weighted by molar-refractivity contribution is 5.96. The van der Waals surface area contributed by atoms with Gasteiger partial charge in [0.25, 0.3) is 5.91 Å². The molecule has 2 aliphatic rings. The summed E-state index contributed by atoms with van der Waals surface area (Å²) in [5.74, 6) is -1.13. The number of ether oxygens (including phenoxy) is 3. The summed E-state index contributed by atoms with van der Waals surface area (Å²) in [7, 11) is 4.90. The van der Waals surface area contributed by atoms with Crippen LogP contribution in [0.3, 0.4) is 0 Å². The Bertz CT molecular complexity index is 2700. The van der Waals surface area contributed by atoms with Crippen LogP contribution < -0.4 is 15.5 Å². The van der Waals surface area contributed by atoms with Gasteiger partial charge in [0.2, 0.25) is 11.8 Å². The molecule has 0 aliphatic carbocycles. The number of fused-ring (bicyclic) bond motifs is 6. The van der Waals surface area contributed by atoms with Gasteiger partial charge in [-0.2, -0.15) is 0 Å². The van der Waals surface area contributed by atoms with Crippen molar-refractivity contribution in [3.63, 3.8) is 0 Å². The van der Waals surface area contributed by atoms with E-state index in [2.05, 4.69) is 87.4 Å². The molecule has 0 radical (unpaired) electrons. The molecule has 69 heavy (non-hydrogen) atoms. The van der Waals surface area contributed by atoms with E-state index in [1.54, 1.807) is 27.5 Å². The summed E-state index contributed by atoms with van der Waals surface area (Å²) in [6.45, 7) is 12.2. The van der Waals surface area contributed by atoms with Gasteiger partial charge in [-0.05, 0) is 95.8 Å². The maximum Gasteiger partial charge on any atom is 0.324 e. The molecule has 15 heteroatoms. The summed E-state index contributed by atoms with van der Waals surface area (Å²) in [5.41, 5.74) is 11.7. The average Bonchev–Trinajstić information content (AvgIpc) is 3.65. The van der Waals surface area contributed by atoms with E-state index in [0.29, 0.717) is 45.5 Å². The first-order chi connectivity index (χ1) is 33.2. The van der Waals surface area contributed by atoms with Gasteiger partial charge in [0, 0.05) is 74.4 Å². The summed E-state index contributed by atoms with van der Waals surface area (Å²) in [6, 6.07) is 24.0. The van der Waals surface area contributed by atoms with Crippen LogP contribution in [0.15, 0.2) is 95.2 Å². The molecule has 3 aromatic carbocycles. The van der Waals surface area contributed by atoms with Gasteiger partial charge in [-0.15, -0.1) is 0 Å². The zero-order valence-corrected chi connectivity index (χ0v) is 41.2. The Hall–Kier alpha value is -6.67. The second-order valence-corrected chi connectivity index (χ2v) is 19.1. The number of aromatic nitrogens is 2. The van der Waals surface area contributed by atoms with Crippen LogP contribution in [0.2, 0.25) is 0 Å². The van der Waals surface area contributed by atoms with Crippen molar-refractivity contribution in [1.82, 2.24) is 30.2 Å². The molecule has 1 saturated heterocycles. The minimum absolute atomic E-state index is 0.0374. The number of pyridine rings is 1. The van der Waals surface area contributed by atoms with Crippen LogP contribution in [0.5, 0.6) is 5.75 Å². The molecule has 0 unspecified atom stereocenters. The molecule has 4 heterocycles. The number of benzene rings is 3. The van der Waals surface area contributed by atoms with Crippen LogP contribution in [0, 0.1) is 11.3 Å². The Labute approximate surface area is 405 Å². The molecule has 0 saturated carbocycles. The smallest absolute Gasteiger partial charge is 0.324 e. The lowest BCUT2D eigenvalue weighted by atomic mass is 9.84. The monoisotopic (exact) mass is 939 g/mol. The van der Waals surface area contributed by atoms with Crippen molar-refractivity contribution in [2.45, 2.75) is 105 Å². The minimum Gasteiger partial charge on any atom is -0.497 e. The number of esters is 1. The average molecular weight is 939 g/mol. The highest BCUT2D eigenvalue weighted by Crippen LogP contribution is 2.41. The summed E-state index contributed by atoms with van der Waals surface area (Å²) in [5, 5.41) is 5.58. The molecule has 2 N–H and O–H groups in total. The van der Waals surface area contributed by atoms with Crippen LogP contribution in [-0.4, -0.2) is 108 Å². The Morgan fingerprint density at radius 3 is 2.57 bits per heavy atom. The van der Waals surface area contributed by atoms with E-state index in [1.165, 1.54) is 9.91 Å². The number of hydrogen-bond acceptors (Lipinski definition) is 11. The van der Waals surface area contributed by atoms with Crippen molar-refractivity contribution in [3.8, 4) is 28.1 Å². The Balaban J connectivity index is 1.19. The van der Waals surface area contributed by atoms with Crippen LogP contribution in [0.1, 0.15) is 76.1 Å². The highest BCUT2D eigenvalue weighted by Gasteiger charge is 2.37. The Morgan fingerprint density at radius 2 is 1.83 bits per heavy atom. The number of amides is 3. The number of hydrogen-bond donors (Lipinski definition) is 2. The van der Waals surface area contributed by atoms with Crippen LogP contribution in [0.4, 0.5) is 0 Å². The standard InChI is InChI=1S/C54H66N8O7/c1-9-61-47-20-17-39-28-42(47)43(50(61)44-31-55-23-21-40(44)32-67-7)29-54(4,5)33-69-53(66)45-14-11-25-62(59-45)52(65)46(27-37-12-10-13-38(39)26-37)58-51(64)49(35(2)3)60(6)48(63)22-24-56-34-57-30-36-15-18-41(68-8)19-16-36/h10,12-13,15-21,23,26,28,31,35,45-46,49,59H,9,11,14,22,24-25,27,29-30,32-33H2,1-8H3,(H,58,64)/t45-,46-,49-/m0/s1. The second kappa shape index (κ2) is 22.6. The maximum atomic E-state index is 14.7. The zero-order chi connectivity index (χ0) is 49.2. The largest absolute Gasteiger partial charge is 0.497 e. The van der Waals surface area contributed by atoms with Crippen LogP contribution >= 0.6 is 0 Å². The molecule has 0 spiro atoms. The van der Waals surface area contributed by atoms with Crippen molar-refractivity contribution < 1.29 is 33.4 Å². The number of rotatable bonds is 14. The molecule has 1 fully saturated rings. The van der Waals surface area contributed by atoms with Crippen molar-refractivity contribution in [2.24, 2.45) is 21.3 Å². The van der Waals surface area contributed by atoms with E-state index in [4.69, 9.17) is 14.2 Å². The SMILES string of the molecule is CCn1c(-c2cnccc2COC)c2c3cc(ccc31)-c1cccc(c1)C[C@H](NC(=O)[C@H](C(C)C)N(C)C(=O)CCN=C=NCc1ccc(OC)cc1)C(=O)N1CCC[C@H](N1)C(=O)OCC(C)(C)C2. The third-order valence-corrected chi connectivity index (χ3v) is 13.0. The number of nitrogens with one attached hydrogen (secondary N) is 2. The predicted octanol–water partition coefficient (Wildman–Crippen LogP) is 7.44. The Kier molecular flexibility index (Phi) is 16.5. The summed E-state index contributed by atoms with van der Waals surface area (Å²) >= 11 is 0. The fourth-order valence-electron chi connectivity index (χ4n) is 9.47. The van der Waals surface area contributed by atoms with Crippen molar-refractivity contribution in [1.29, 1.82) is 0 Å². The van der Waals surface area contributed by atoms with Gasteiger partial charge >= 0.3 is 5.97 Å². The third-order valence-electron chi connectivity index (χ3n) is 13.0. The lowest BCUT2D eigenvalue weighted by Crippen LogP contribution is -2.62. The van der Waals surface area contributed by atoms with E-state index in [-0.39, 0.29) is 37.8 Å². The second-order valence-electron chi connectivity index (χ2n) is 19.1. The highest BCUT2D eigenvalue weighted by atomic mass is 16.5. The minimum atomic E-state index is -1.04. The molecular formula is C54H66N8O7. The van der Waals surface area contributed by atoms with E-state index in [0.717, 1.165) is 61.3 Å². The molecule has 364 valence electrons. The molecule has 5 aromatic rings. The first-order valence-electron chi connectivity index (χ1n) is 23.9. The summed E-state index contributed by atoms with van der Waals surface area (Å²) in [4.78, 5) is 71.0. The molecule has 2 aliphatic heterocycles. The normalized spacial score (nSPS) is 17.6. The van der Waals surface area contributed by atoms with E-state index >= 15 is 0 Å². The van der Waals surface area contributed by atoms with Crippen LogP contribution in [0.25, 0.3) is 33.3 Å². The first kappa shape index (κ1) is 50.2. The van der Waals surface area contributed by atoms with E-state index in [1.807, 2.05) is 62.5 Å². The van der Waals surface area contributed by atoms with Crippen molar-refractivity contribution in [3.05, 3.63) is 107 Å². The zero-order valence-electron chi connectivity index (χ0n) is 41.2. The fraction of sp³-hybridized carbons (Fsp3) is 0.444. The number of carbonyl (C=O) groups is 4. The number of methoxy groups -OCH3 is 2. The number of carbonyl (C=O) groups excluding carboxylic acids is 4. The van der Waals surface area contributed by atoms with E-state index < -0.39 is 41.3 Å². The molecule has 7 rings (SSSR count). The third kappa shape index (κ3) is 12.0.